The molecule has 1 aromatic heterocycles. The van der Waals surface area contributed by atoms with Crippen LogP contribution in [0.2, 0.25) is 0 Å². The minimum absolute atomic E-state index is 0.0216. The summed E-state index contributed by atoms with van der Waals surface area (Å²) in [5, 5.41) is 16.6. The van der Waals surface area contributed by atoms with Gasteiger partial charge in [-0.2, -0.15) is 0 Å². The number of likely N-dealkylation sites (tertiary alicyclic amines) is 1. The number of nitrogens with zero attached hydrogens (tertiary/aromatic N) is 1. The second-order valence-electron chi connectivity index (χ2n) is 10.1. The van der Waals surface area contributed by atoms with Gasteiger partial charge in [0.05, 0.1) is 19.8 Å². The first-order valence-electron chi connectivity index (χ1n) is 12.7. The Morgan fingerprint density at radius 3 is 2.89 bits per heavy atom. The predicted octanol–water partition coefficient (Wildman–Crippen LogP) is 1.81. The van der Waals surface area contributed by atoms with Crippen molar-refractivity contribution >= 4 is 28.6 Å². The zero-order chi connectivity index (χ0) is 24.5. The second-order valence-corrected chi connectivity index (χ2v) is 10.1. The molecular formula is C26H34N4O5. The van der Waals surface area contributed by atoms with Crippen LogP contribution in [0.1, 0.15) is 49.0 Å². The van der Waals surface area contributed by atoms with E-state index in [1.807, 2.05) is 18.2 Å². The highest BCUT2D eigenvalue weighted by Gasteiger charge is 2.50. The summed E-state index contributed by atoms with van der Waals surface area (Å²) in [4.78, 5) is 44.3. The van der Waals surface area contributed by atoms with Gasteiger partial charge in [0.25, 0.3) is 5.91 Å². The fourth-order valence-corrected chi connectivity index (χ4v) is 6.30. The highest BCUT2D eigenvalue weighted by Crippen LogP contribution is 2.43. The summed E-state index contributed by atoms with van der Waals surface area (Å²) >= 11 is 0. The molecule has 3 fully saturated rings. The number of benzene rings is 1. The lowest BCUT2D eigenvalue weighted by Gasteiger charge is -2.30. The van der Waals surface area contributed by atoms with Gasteiger partial charge in [-0.15, -0.1) is 0 Å². The summed E-state index contributed by atoms with van der Waals surface area (Å²) < 4.78 is 5.43. The van der Waals surface area contributed by atoms with Gasteiger partial charge >= 0.3 is 0 Å². The minimum Gasteiger partial charge on any atom is -0.496 e. The smallest absolute Gasteiger partial charge is 0.271 e. The van der Waals surface area contributed by atoms with Gasteiger partial charge < -0.3 is 30.4 Å². The van der Waals surface area contributed by atoms with E-state index in [4.69, 9.17) is 4.74 Å². The van der Waals surface area contributed by atoms with Crippen molar-refractivity contribution in [1.82, 2.24) is 20.5 Å². The lowest BCUT2D eigenvalue weighted by Crippen LogP contribution is -2.52. The number of nitrogens with one attached hydrogen (secondary N) is 3. The van der Waals surface area contributed by atoms with Gasteiger partial charge in [-0.1, -0.05) is 12.5 Å². The minimum atomic E-state index is -0.586. The number of hydrogen-bond donors (Lipinski definition) is 4. The molecule has 4 N–H and O–H groups in total. The van der Waals surface area contributed by atoms with Crippen LogP contribution in [0.5, 0.6) is 5.75 Å². The zero-order valence-corrected chi connectivity index (χ0v) is 20.1. The molecule has 5 rings (SSSR count). The van der Waals surface area contributed by atoms with Crippen molar-refractivity contribution in [3.8, 4) is 5.75 Å². The van der Waals surface area contributed by atoms with E-state index in [2.05, 4.69) is 15.6 Å². The van der Waals surface area contributed by atoms with Crippen LogP contribution in [-0.4, -0.2) is 71.6 Å². The fourth-order valence-electron chi connectivity index (χ4n) is 6.30. The standard InChI is InChI=1S/C26H34N4O5/c1-35-22-9-3-8-20-19(22)12-21(29-20)26(34)30-13-16-5-2-7-18(16)23(30)25(33)28-17(14-31)11-15-6-4-10-27-24(15)32/h3,8-9,12,15-18,23,29,31H,2,4-7,10-11,13-14H2,1H3,(H,27,32)(H,28,33)/t15-,16?,17-,18?,23?/m0/s1. The molecule has 5 atom stereocenters. The first-order chi connectivity index (χ1) is 17.0. The maximum atomic E-state index is 13.6. The van der Waals surface area contributed by atoms with Crippen LogP contribution in [0.3, 0.4) is 0 Å². The molecular weight excluding hydrogens is 448 g/mol. The predicted molar refractivity (Wildman–Crippen MR) is 130 cm³/mol. The van der Waals surface area contributed by atoms with Crippen LogP contribution in [-0.2, 0) is 9.59 Å². The number of carbonyl (C=O) groups excluding carboxylic acids is 3. The van der Waals surface area contributed by atoms with Gasteiger partial charge in [0.2, 0.25) is 11.8 Å². The Labute approximate surface area is 204 Å². The Balaban J connectivity index is 1.35. The molecule has 0 radical (unpaired) electrons. The van der Waals surface area contributed by atoms with Gasteiger partial charge in [-0.05, 0) is 62.1 Å². The number of aliphatic hydroxyl groups excluding tert-OH is 1. The number of H-pyrrole nitrogens is 1. The summed E-state index contributed by atoms with van der Waals surface area (Å²) in [6, 6.07) is 6.29. The molecule has 2 aromatic rings. The highest BCUT2D eigenvalue weighted by molar-refractivity contribution is 6.02. The molecule has 1 saturated carbocycles. The van der Waals surface area contributed by atoms with Crippen LogP contribution in [0.4, 0.5) is 0 Å². The Morgan fingerprint density at radius 2 is 2.11 bits per heavy atom. The number of carbonyl (C=O) groups is 3. The van der Waals surface area contributed by atoms with E-state index in [-0.39, 0.29) is 36.2 Å². The van der Waals surface area contributed by atoms with Gasteiger partial charge in [0.15, 0.2) is 0 Å². The summed E-state index contributed by atoms with van der Waals surface area (Å²) in [7, 11) is 1.60. The monoisotopic (exact) mass is 482 g/mol. The van der Waals surface area contributed by atoms with Crippen molar-refractivity contribution in [3.63, 3.8) is 0 Å². The number of ether oxygens (including phenoxy) is 1. The van der Waals surface area contributed by atoms with E-state index in [9.17, 15) is 19.5 Å². The molecule has 3 aliphatic rings. The van der Waals surface area contributed by atoms with Crippen molar-refractivity contribution < 1.29 is 24.2 Å². The lowest BCUT2D eigenvalue weighted by molar-refractivity contribution is -0.130. The number of aromatic nitrogens is 1. The van der Waals surface area contributed by atoms with E-state index >= 15 is 0 Å². The van der Waals surface area contributed by atoms with E-state index in [0.717, 1.165) is 43.0 Å². The first-order valence-corrected chi connectivity index (χ1v) is 12.7. The van der Waals surface area contributed by atoms with Gasteiger partial charge in [-0.3, -0.25) is 14.4 Å². The quantitative estimate of drug-likeness (QED) is 0.479. The maximum absolute atomic E-state index is 13.6. The Hall–Kier alpha value is -3.07. The average molecular weight is 483 g/mol. The molecule has 9 heteroatoms. The zero-order valence-electron chi connectivity index (χ0n) is 20.1. The normalized spacial score (nSPS) is 26.9. The number of methoxy groups -OCH3 is 1. The molecule has 3 heterocycles. The molecule has 3 unspecified atom stereocenters. The van der Waals surface area contributed by atoms with Crippen molar-refractivity contribution in [2.45, 2.75) is 50.6 Å². The number of amides is 3. The lowest BCUT2D eigenvalue weighted by atomic mass is 9.90. The molecule has 1 aromatic carbocycles. The highest BCUT2D eigenvalue weighted by atomic mass is 16.5. The number of piperidine rings is 1. The summed E-state index contributed by atoms with van der Waals surface area (Å²) in [5.74, 6) is 0.403. The SMILES string of the molecule is COc1cccc2[nH]c(C(=O)N3CC4CCCC4C3C(=O)N[C@H](CO)C[C@@H]3CCCNC3=O)cc12. The van der Waals surface area contributed by atoms with Gasteiger partial charge in [0, 0.05) is 29.9 Å². The largest absolute Gasteiger partial charge is 0.496 e. The molecule has 0 spiro atoms. The molecule has 3 amide bonds. The van der Waals surface area contributed by atoms with Crippen LogP contribution in [0, 0.1) is 17.8 Å². The Bertz CT molecular complexity index is 1110. The van der Waals surface area contributed by atoms with Crippen LogP contribution in [0.25, 0.3) is 10.9 Å². The summed E-state index contributed by atoms with van der Waals surface area (Å²) in [6.07, 6.45) is 5.00. The topological polar surface area (TPSA) is 124 Å². The van der Waals surface area contributed by atoms with E-state index < -0.39 is 12.1 Å². The third-order valence-electron chi connectivity index (χ3n) is 8.03. The van der Waals surface area contributed by atoms with Crippen molar-refractivity contribution in [1.29, 1.82) is 0 Å². The number of aromatic amines is 1. The summed E-state index contributed by atoms with van der Waals surface area (Å²) in [5.41, 5.74) is 1.24. The number of rotatable bonds is 7. The number of hydrogen-bond acceptors (Lipinski definition) is 5. The van der Waals surface area contributed by atoms with E-state index in [1.54, 1.807) is 18.1 Å². The van der Waals surface area contributed by atoms with Crippen molar-refractivity contribution in [2.24, 2.45) is 17.8 Å². The van der Waals surface area contributed by atoms with E-state index in [1.165, 1.54) is 0 Å². The third-order valence-corrected chi connectivity index (χ3v) is 8.03. The third kappa shape index (κ3) is 4.49. The molecule has 35 heavy (non-hydrogen) atoms. The molecule has 9 nitrogen and oxygen atoms in total. The second kappa shape index (κ2) is 9.89. The molecule has 188 valence electrons. The molecule has 0 bridgehead atoms. The van der Waals surface area contributed by atoms with Gasteiger partial charge in [-0.25, -0.2) is 0 Å². The van der Waals surface area contributed by atoms with Crippen molar-refractivity contribution in [3.05, 3.63) is 30.0 Å². The molecule has 2 saturated heterocycles. The first kappa shape index (κ1) is 23.7. The summed E-state index contributed by atoms with van der Waals surface area (Å²) in [6.45, 7) is 0.975. The number of aliphatic hydroxyl groups is 1. The molecule has 1 aliphatic carbocycles. The Kier molecular flexibility index (Phi) is 6.69. The van der Waals surface area contributed by atoms with Crippen LogP contribution >= 0.6 is 0 Å². The van der Waals surface area contributed by atoms with Gasteiger partial charge in [0.1, 0.15) is 17.5 Å². The molecule has 2 aliphatic heterocycles. The van der Waals surface area contributed by atoms with Crippen molar-refractivity contribution in [2.75, 3.05) is 26.8 Å². The number of fused-ring (bicyclic) bond motifs is 2. The van der Waals surface area contributed by atoms with Crippen LogP contribution in [0.15, 0.2) is 24.3 Å². The van der Waals surface area contributed by atoms with E-state index in [0.29, 0.717) is 36.9 Å². The fraction of sp³-hybridized carbons (Fsp3) is 0.577. The van der Waals surface area contributed by atoms with Crippen LogP contribution < -0.4 is 15.4 Å². The maximum Gasteiger partial charge on any atom is 0.271 e. The average Bonchev–Trinajstić information content (AvgIpc) is 3.58. The Morgan fingerprint density at radius 1 is 1.26 bits per heavy atom.